The summed E-state index contributed by atoms with van der Waals surface area (Å²) in [5.74, 6) is 0. The summed E-state index contributed by atoms with van der Waals surface area (Å²) in [4.78, 5) is 0. The molecule has 0 aliphatic carbocycles. The summed E-state index contributed by atoms with van der Waals surface area (Å²) < 4.78 is 1.97. The van der Waals surface area contributed by atoms with Gasteiger partial charge in [0.1, 0.15) is 0 Å². The first kappa shape index (κ1) is 15.0. The highest BCUT2D eigenvalue weighted by Crippen LogP contribution is 2.26. The number of aromatic nitrogens is 1. The number of hydrogen-bond acceptors (Lipinski definition) is 2. The van der Waals surface area contributed by atoms with Gasteiger partial charge in [-0.25, -0.2) is 0 Å². The smallest absolute Gasteiger partial charge is 0.184 e. The summed E-state index contributed by atoms with van der Waals surface area (Å²) in [7, 11) is 0. The molecule has 0 amide bonds. The minimum Gasteiger partial charge on any atom is -0.375 e. The largest absolute Gasteiger partial charge is 0.375 e. The highest BCUT2D eigenvalue weighted by Gasteiger charge is 2.07. The predicted octanol–water partition coefficient (Wildman–Crippen LogP) is 3.58. The molecule has 114 valence electrons. The Morgan fingerprint density at radius 2 is 1.91 bits per heavy atom. The van der Waals surface area contributed by atoms with Crippen molar-refractivity contribution in [3.8, 4) is 11.3 Å². The van der Waals surface area contributed by atoms with Crippen LogP contribution in [0.4, 0.5) is 0 Å². The Hall–Kier alpha value is -2.92. The first-order valence-corrected chi connectivity index (χ1v) is 7.51. The molecule has 3 N–H and O–H groups in total. The van der Waals surface area contributed by atoms with Crippen molar-refractivity contribution in [3.05, 3.63) is 66.9 Å². The lowest BCUT2D eigenvalue weighted by Crippen LogP contribution is -2.24. The zero-order valence-electron chi connectivity index (χ0n) is 12.4. The predicted molar refractivity (Wildman–Crippen MR) is 101 cm³/mol. The summed E-state index contributed by atoms with van der Waals surface area (Å²) in [5, 5.41) is 6.55. The Balaban J connectivity index is 2.01. The van der Waals surface area contributed by atoms with Crippen molar-refractivity contribution in [2.24, 2.45) is 10.8 Å². The maximum absolute atomic E-state index is 5.36. The quantitative estimate of drug-likeness (QED) is 0.439. The zero-order chi connectivity index (χ0) is 16.2. The molecule has 2 aromatic carbocycles. The van der Waals surface area contributed by atoms with Crippen LogP contribution in [0, 0.1) is 0 Å². The van der Waals surface area contributed by atoms with E-state index in [2.05, 4.69) is 47.4 Å². The number of rotatable bonds is 4. The molecule has 0 atom stereocenters. The molecule has 0 saturated heterocycles. The summed E-state index contributed by atoms with van der Waals surface area (Å²) in [5.41, 5.74) is 10.9. The molecule has 1 heterocycles. The lowest BCUT2D eigenvalue weighted by Gasteiger charge is -2.08. The van der Waals surface area contributed by atoms with Crippen LogP contribution in [0.25, 0.3) is 28.2 Å². The van der Waals surface area contributed by atoms with E-state index in [-0.39, 0.29) is 5.11 Å². The van der Waals surface area contributed by atoms with E-state index >= 15 is 0 Å². The Labute approximate surface area is 139 Å². The number of nitrogens with zero attached hydrogens (tertiary/aromatic N) is 2. The third-order valence-electron chi connectivity index (χ3n) is 3.55. The van der Waals surface area contributed by atoms with Gasteiger partial charge in [0.25, 0.3) is 0 Å². The molecular formula is C18H16N4S. The second-order valence-corrected chi connectivity index (χ2v) is 5.43. The van der Waals surface area contributed by atoms with Crippen LogP contribution in [0.5, 0.6) is 0 Å². The lowest BCUT2D eigenvalue weighted by atomic mass is 10.1. The maximum atomic E-state index is 5.36. The first-order valence-electron chi connectivity index (χ1n) is 7.10. The molecule has 1 aromatic heterocycles. The van der Waals surface area contributed by atoms with Gasteiger partial charge in [-0.3, -0.25) is 5.43 Å². The van der Waals surface area contributed by atoms with E-state index in [0.717, 1.165) is 17.0 Å². The van der Waals surface area contributed by atoms with Crippen molar-refractivity contribution in [1.82, 2.24) is 9.99 Å². The van der Waals surface area contributed by atoms with Gasteiger partial charge in [-0.2, -0.15) is 5.10 Å². The van der Waals surface area contributed by atoms with Gasteiger partial charge in [0.15, 0.2) is 5.11 Å². The first-order chi connectivity index (χ1) is 11.2. The molecule has 4 nitrogen and oxygen atoms in total. The SMILES string of the molecule is C=Cn1c(/C=N\NC(N)=S)ccc1-c1ccc2ccccc2c1. The summed E-state index contributed by atoms with van der Waals surface area (Å²) in [6.45, 7) is 3.89. The molecule has 0 aliphatic rings. The third kappa shape index (κ3) is 3.14. The summed E-state index contributed by atoms with van der Waals surface area (Å²) in [6, 6.07) is 18.7. The molecule has 0 aliphatic heterocycles. The van der Waals surface area contributed by atoms with Crippen LogP contribution in [-0.2, 0) is 0 Å². The number of fused-ring (bicyclic) bond motifs is 1. The van der Waals surface area contributed by atoms with Crippen molar-refractivity contribution in [2.75, 3.05) is 0 Å². The Kier molecular flexibility index (Phi) is 4.21. The van der Waals surface area contributed by atoms with Crippen LogP contribution in [-0.4, -0.2) is 15.9 Å². The Morgan fingerprint density at radius 1 is 1.13 bits per heavy atom. The fourth-order valence-corrected chi connectivity index (χ4v) is 2.57. The van der Waals surface area contributed by atoms with E-state index in [4.69, 9.17) is 18.0 Å². The van der Waals surface area contributed by atoms with Gasteiger partial charge in [-0.1, -0.05) is 43.0 Å². The number of nitrogens with two attached hydrogens (primary N) is 1. The number of nitrogens with one attached hydrogen (secondary N) is 1. The number of thiocarbonyl (C=S) groups is 1. The Morgan fingerprint density at radius 3 is 2.65 bits per heavy atom. The molecule has 0 spiro atoms. The molecule has 3 rings (SSSR count). The van der Waals surface area contributed by atoms with Crippen molar-refractivity contribution >= 4 is 40.5 Å². The summed E-state index contributed by atoms with van der Waals surface area (Å²) in [6.07, 6.45) is 3.41. The van der Waals surface area contributed by atoms with Gasteiger partial charge >= 0.3 is 0 Å². The van der Waals surface area contributed by atoms with E-state index in [1.165, 1.54) is 10.8 Å². The standard InChI is InChI=1S/C18H16N4S/c1-2-22-16(12-20-21-18(19)23)9-10-17(22)15-8-7-13-5-3-4-6-14(13)11-15/h2-12H,1H2,(H3,19,21,23)/b20-12-. The molecule has 0 bridgehead atoms. The average Bonchev–Trinajstić information content (AvgIpc) is 2.97. The van der Waals surface area contributed by atoms with E-state index in [1.807, 2.05) is 28.8 Å². The maximum Gasteiger partial charge on any atom is 0.184 e. The Bertz CT molecular complexity index is 908. The normalized spacial score (nSPS) is 11.0. The van der Waals surface area contributed by atoms with Gasteiger partial charge in [0.05, 0.1) is 17.6 Å². The van der Waals surface area contributed by atoms with Crippen LogP contribution < -0.4 is 11.2 Å². The monoisotopic (exact) mass is 320 g/mol. The highest BCUT2D eigenvalue weighted by atomic mass is 32.1. The molecule has 0 fully saturated rings. The van der Waals surface area contributed by atoms with Gasteiger partial charge in [-0.05, 0) is 46.8 Å². The van der Waals surface area contributed by atoms with Crippen LogP contribution in [0.2, 0.25) is 0 Å². The van der Waals surface area contributed by atoms with Crippen LogP contribution in [0.15, 0.2) is 66.3 Å². The second-order valence-electron chi connectivity index (χ2n) is 4.99. The number of hydrazone groups is 1. The van der Waals surface area contributed by atoms with Gasteiger partial charge in [-0.15, -0.1) is 0 Å². The van der Waals surface area contributed by atoms with E-state index in [1.54, 1.807) is 12.4 Å². The molecule has 0 radical (unpaired) electrons. The third-order valence-corrected chi connectivity index (χ3v) is 3.64. The van der Waals surface area contributed by atoms with E-state index < -0.39 is 0 Å². The van der Waals surface area contributed by atoms with Crippen molar-refractivity contribution in [3.63, 3.8) is 0 Å². The number of benzene rings is 2. The molecular weight excluding hydrogens is 304 g/mol. The van der Waals surface area contributed by atoms with Gasteiger partial charge < -0.3 is 10.3 Å². The second kappa shape index (κ2) is 6.46. The zero-order valence-corrected chi connectivity index (χ0v) is 13.3. The molecule has 0 unspecified atom stereocenters. The van der Waals surface area contributed by atoms with Gasteiger partial charge in [0.2, 0.25) is 0 Å². The van der Waals surface area contributed by atoms with Crippen LogP contribution >= 0.6 is 12.2 Å². The molecule has 3 aromatic rings. The molecule has 0 saturated carbocycles. The minimum absolute atomic E-state index is 0.132. The number of hydrogen-bond donors (Lipinski definition) is 2. The lowest BCUT2D eigenvalue weighted by molar-refractivity contribution is 1.03. The fraction of sp³-hybridized carbons (Fsp3) is 0. The van der Waals surface area contributed by atoms with Crippen molar-refractivity contribution < 1.29 is 0 Å². The van der Waals surface area contributed by atoms with Crippen molar-refractivity contribution in [2.45, 2.75) is 0 Å². The fourth-order valence-electron chi connectivity index (χ4n) is 2.52. The minimum atomic E-state index is 0.132. The summed E-state index contributed by atoms with van der Waals surface area (Å²) >= 11 is 4.72. The topological polar surface area (TPSA) is 55.3 Å². The highest BCUT2D eigenvalue weighted by molar-refractivity contribution is 7.80. The molecule has 23 heavy (non-hydrogen) atoms. The van der Waals surface area contributed by atoms with E-state index in [9.17, 15) is 0 Å². The average molecular weight is 320 g/mol. The van der Waals surface area contributed by atoms with Crippen LogP contribution in [0.3, 0.4) is 0 Å². The molecule has 5 heteroatoms. The van der Waals surface area contributed by atoms with E-state index in [0.29, 0.717) is 0 Å². The van der Waals surface area contributed by atoms with Crippen molar-refractivity contribution in [1.29, 1.82) is 0 Å². The van der Waals surface area contributed by atoms with Crippen LogP contribution in [0.1, 0.15) is 5.69 Å². The van der Waals surface area contributed by atoms with Gasteiger partial charge in [0, 0.05) is 6.20 Å².